The summed E-state index contributed by atoms with van der Waals surface area (Å²) in [4.78, 5) is 9.91. The second-order valence-corrected chi connectivity index (χ2v) is 7.62. The summed E-state index contributed by atoms with van der Waals surface area (Å²) in [5.74, 6) is 0. The molecular formula is C16H14ClN3O4S. The molecule has 2 aromatic rings. The second kappa shape index (κ2) is 7.09. The van der Waals surface area contributed by atoms with E-state index in [0.717, 1.165) is 22.5 Å². The van der Waals surface area contributed by atoms with Crippen molar-refractivity contribution in [2.75, 3.05) is 4.31 Å². The Bertz CT molecular complexity index is 968. The zero-order chi connectivity index (χ0) is 18.8. The van der Waals surface area contributed by atoms with E-state index in [9.17, 15) is 18.5 Å². The number of rotatable bonds is 5. The fourth-order valence-corrected chi connectivity index (χ4v) is 4.52. The Kier molecular flexibility index (Phi) is 5.30. The molecule has 0 atom stereocenters. The molecule has 0 spiro atoms. The highest BCUT2D eigenvalue weighted by Gasteiger charge is 2.30. The maximum atomic E-state index is 13.1. The highest BCUT2D eigenvalue weighted by Crippen LogP contribution is 2.32. The molecule has 0 bridgehead atoms. The Hall–Kier alpha value is -2.63. The Labute approximate surface area is 150 Å². The first-order chi connectivity index (χ1) is 11.7. The van der Waals surface area contributed by atoms with E-state index in [0.29, 0.717) is 11.3 Å². The number of halogens is 1. The monoisotopic (exact) mass is 379 g/mol. The number of hydrogen-bond donors (Lipinski definition) is 0. The molecule has 7 nitrogen and oxygen atoms in total. The minimum absolute atomic E-state index is 0.240. The Balaban J connectivity index is 2.61. The SMILES string of the molecule is CC(C)N(c1cccc(C#N)c1)S(=O)(=O)c1ccc([N+](=O)[O-])cc1Cl. The van der Waals surface area contributed by atoms with Crippen LogP contribution in [0.25, 0.3) is 0 Å². The van der Waals surface area contributed by atoms with Gasteiger partial charge in [-0.05, 0) is 38.1 Å². The van der Waals surface area contributed by atoms with Gasteiger partial charge >= 0.3 is 0 Å². The van der Waals surface area contributed by atoms with Crippen molar-refractivity contribution in [2.24, 2.45) is 0 Å². The van der Waals surface area contributed by atoms with Crippen LogP contribution in [0.4, 0.5) is 11.4 Å². The quantitative estimate of drug-likeness (QED) is 0.581. The van der Waals surface area contributed by atoms with Crippen LogP contribution >= 0.6 is 11.6 Å². The molecule has 0 aromatic heterocycles. The molecule has 0 aliphatic carbocycles. The fraction of sp³-hybridized carbons (Fsp3) is 0.188. The van der Waals surface area contributed by atoms with Gasteiger partial charge in [0.1, 0.15) is 4.90 Å². The summed E-state index contributed by atoms with van der Waals surface area (Å²) < 4.78 is 27.3. The topological polar surface area (TPSA) is 104 Å². The van der Waals surface area contributed by atoms with E-state index in [1.807, 2.05) is 6.07 Å². The number of nitro benzene ring substituents is 1. The van der Waals surface area contributed by atoms with Crippen molar-refractivity contribution in [3.63, 3.8) is 0 Å². The number of benzene rings is 2. The van der Waals surface area contributed by atoms with Gasteiger partial charge in [0.25, 0.3) is 15.7 Å². The lowest BCUT2D eigenvalue weighted by Gasteiger charge is -2.28. The van der Waals surface area contributed by atoms with Crippen LogP contribution in [0.5, 0.6) is 0 Å². The predicted octanol–water partition coefficient (Wildman–Crippen LogP) is 3.72. The predicted molar refractivity (Wildman–Crippen MR) is 94.1 cm³/mol. The molecule has 0 heterocycles. The number of sulfonamides is 1. The molecule has 0 N–H and O–H groups in total. The maximum Gasteiger partial charge on any atom is 0.271 e. The van der Waals surface area contributed by atoms with Crippen LogP contribution in [-0.2, 0) is 10.0 Å². The molecule has 0 aliphatic heterocycles. The lowest BCUT2D eigenvalue weighted by atomic mass is 10.2. The molecule has 0 fully saturated rings. The molecule has 0 saturated heterocycles. The summed E-state index contributed by atoms with van der Waals surface area (Å²) in [6.07, 6.45) is 0. The van der Waals surface area contributed by atoms with E-state index in [2.05, 4.69) is 0 Å². The van der Waals surface area contributed by atoms with Crippen LogP contribution in [0.3, 0.4) is 0 Å². The number of nitro groups is 1. The zero-order valence-corrected chi connectivity index (χ0v) is 15.0. The van der Waals surface area contributed by atoms with Crippen molar-refractivity contribution in [1.82, 2.24) is 0 Å². The first kappa shape index (κ1) is 18.7. The molecule has 130 valence electrons. The van der Waals surface area contributed by atoms with Crippen molar-refractivity contribution in [3.05, 3.63) is 63.2 Å². The normalized spacial score (nSPS) is 11.2. The van der Waals surface area contributed by atoms with Crippen molar-refractivity contribution < 1.29 is 13.3 Å². The van der Waals surface area contributed by atoms with E-state index in [1.54, 1.807) is 32.0 Å². The zero-order valence-electron chi connectivity index (χ0n) is 13.4. The van der Waals surface area contributed by atoms with Gasteiger partial charge < -0.3 is 0 Å². The smallest absolute Gasteiger partial charge is 0.264 e. The van der Waals surface area contributed by atoms with E-state index >= 15 is 0 Å². The highest BCUT2D eigenvalue weighted by molar-refractivity contribution is 7.93. The van der Waals surface area contributed by atoms with E-state index in [1.165, 1.54) is 6.07 Å². The molecule has 2 aromatic carbocycles. The minimum Gasteiger partial charge on any atom is -0.264 e. The van der Waals surface area contributed by atoms with Gasteiger partial charge in [0, 0.05) is 18.2 Å². The van der Waals surface area contributed by atoms with Crippen molar-refractivity contribution in [3.8, 4) is 6.07 Å². The Morgan fingerprint density at radius 1 is 1.24 bits per heavy atom. The van der Waals surface area contributed by atoms with Crippen molar-refractivity contribution >= 4 is 33.0 Å². The lowest BCUT2D eigenvalue weighted by Crippen LogP contribution is -2.37. The van der Waals surface area contributed by atoms with Crippen LogP contribution in [0.1, 0.15) is 19.4 Å². The average molecular weight is 380 g/mol. The van der Waals surface area contributed by atoms with Gasteiger partial charge in [0.2, 0.25) is 0 Å². The molecule has 0 radical (unpaired) electrons. The van der Waals surface area contributed by atoms with Crippen molar-refractivity contribution in [1.29, 1.82) is 5.26 Å². The third kappa shape index (κ3) is 3.73. The molecule has 0 unspecified atom stereocenters. The summed E-state index contributed by atoms with van der Waals surface area (Å²) in [6.45, 7) is 3.35. The van der Waals surface area contributed by atoms with Gasteiger partial charge in [0.05, 0.1) is 27.3 Å². The van der Waals surface area contributed by atoms with E-state index in [-0.39, 0.29) is 15.6 Å². The third-order valence-electron chi connectivity index (χ3n) is 3.36. The molecule has 25 heavy (non-hydrogen) atoms. The van der Waals surface area contributed by atoms with Gasteiger partial charge in [-0.3, -0.25) is 14.4 Å². The van der Waals surface area contributed by atoms with E-state index < -0.39 is 21.0 Å². The summed E-state index contributed by atoms with van der Waals surface area (Å²) in [5.41, 5.74) is 0.322. The molecule has 9 heteroatoms. The van der Waals surface area contributed by atoms with E-state index in [4.69, 9.17) is 16.9 Å². The van der Waals surface area contributed by atoms with Crippen LogP contribution < -0.4 is 4.31 Å². The summed E-state index contributed by atoms with van der Waals surface area (Å²) in [6, 6.07) is 10.9. The largest absolute Gasteiger partial charge is 0.271 e. The first-order valence-corrected chi connectivity index (χ1v) is 8.99. The summed E-state index contributed by atoms with van der Waals surface area (Å²) in [5, 5.41) is 19.6. The standard InChI is InChI=1S/C16H14ClN3O4S/c1-11(2)19(13-5-3-4-12(8-13)10-18)25(23,24)16-7-6-14(20(21)22)9-15(16)17/h3-9,11H,1-2H3. The van der Waals surface area contributed by atoms with Gasteiger partial charge in [-0.1, -0.05) is 17.7 Å². The Morgan fingerprint density at radius 3 is 2.44 bits per heavy atom. The molecule has 0 amide bonds. The molecule has 2 rings (SSSR count). The van der Waals surface area contributed by atoms with Gasteiger partial charge in [-0.25, -0.2) is 8.42 Å². The van der Waals surface area contributed by atoms with Crippen LogP contribution in [-0.4, -0.2) is 19.4 Å². The second-order valence-electron chi connectivity index (χ2n) is 5.43. The Morgan fingerprint density at radius 2 is 1.92 bits per heavy atom. The third-order valence-corrected chi connectivity index (χ3v) is 5.85. The average Bonchev–Trinajstić information content (AvgIpc) is 2.54. The number of non-ortho nitro benzene ring substituents is 1. The number of nitrogens with zero attached hydrogens (tertiary/aromatic N) is 3. The van der Waals surface area contributed by atoms with Gasteiger partial charge in [0.15, 0.2) is 0 Å². The summed E-state index contributed by atoms with van der Waals surface area (Å²) in [7, 11) is -4.08. The number of hydrogen-bond acceptors (Lipinski definition) is 5. The molecule has 0 saturated carbocycles. The first-order valence-electron chi connectivity index (χ1n) is 7.17. The fourth-order valence-electron chi connectivity index (χ4n) is 2.35. The highest BCUT2D eigenvalue weighted by atomic mass is 35.5. The minimum atomic E-state index is -4.08. The summed E-state index contributed by atoms with van der Waals surface area (Å²) >= 11 is 5.99. The van der Waals surface area contributed by atoms with Crippen LogP contribution in [0.15, 0.2) is 47.4 Å². The van der Waals surface area contributed by atoms with Gasteiger partial charge in [-0.15, -0.1) is 0 Å². The maximum absolute atomic E-state index is 13.1. The van der Waals surface area contributed by atoms with Crippen LogP contribution in [0.2, 0.25) is 5.02 Å². The van der Waals surface area contributed by atoms with Crippen molar-refractivity contribution in [2.45, 2.75) is 24.8 Å². The lowest BCUT2D eigenvalue weighted by molar-refractivity contribution is -0.384. The van der Waals surface area contributed by atoms with Crippen LogP contribution in [0, 0.1) is 21.4 Å². The number of anilines is 1. The molecule has 0 aliphatic rings. The molecular weight excluding hydrogens is 366 g/mol. The number of nitriles is 1. The van der Waals surface area contributed by atoms with Gasteiger partial charge in [-0.2, -0.15) is 5.26 Å².